The monoisotopic (exact) mass is 715 g/mol. The number of phenolic OH excluding ortho intramolecular Hbond substituents is 1. The molecule has 3 aliphatic carbocycles. The molecule has 240 valence electrons. The molecule has 3 aromatic carbocycles. The fourth-order valence-electron chi connectivity index (χ4n) is 7.44. The van der Waals surface area contributed by atoms with E-state index in [1.807, 2.05) is 0 Å². The topological polar surface area (TPSA) is 91.8 Å². The summed E-state index contributed by atoms with van der Waals surface area (Å²) in [7, 11) is 0. The Balaban J connectivity index is 1.39. The lowest BCUT2D eigenvalue weighted by atomic mass is 9.59. The summed E-state index contributed by atoms with van der Waals surface area (Å²) in [5, 5.41) is 11.6. The molecule has 13 heteroatoms. The van der Waals surface area contributed by atoms with Gasteiger partial charge in [-0.25, -0.2) is 4.90 Å². The van der Waals surface area contributed by atoms with E-state index < -0.39 is 76.2 Å². The zero-order valence-corrected chi connectivity index (χ0v) is 25.3. The van der Waals surface area contributed by atoms with E-state index in [2.05, 4.69) is 15.9 Å². The van der Waals surface area contributed by atoms with E-state index in [4.69, 9.17) is 0 Å². The molecule has 2 amide bonds. The Kier molecular flexibility index (Phi) is 6.94. The van der Waals surface area contributed by atoms with E-state index in [1.54, 1.807) is 36.4 Å². The predicted octanol–water partition coefficient (Wildman–Crippen LogP) is 7.55. The van der Waals surface area contributed by atoms with Crippen LogP contribution < -0.4 is 4.90 Å². The number of nitrogens with zero attached hydrogens (tertiary/aromatic N) is 1. The van der Waals surface area contributed by atoms with Crippen LogP contribution in [0, 0.1) is 17.8 Å². The van der Waals surface area contributed by atoms with Crippen LogP contribution >= 0.6 is 15.9 Å². The van der Waals surface area contributed by atoms with Gasteiger partial charge in [-0.15, -0.1) is 0 Å². The fourth-order valence-corrected chi connectivity index (χ4v) is 7.89. The van der Waals surface area contributed by atoms with Crippen LogP contribution in [-0.2, 0) is 31.5 Å². The number of ketones is 2. The number of hydrogen-bond donors (Lipinski definition) is 1. The van der Waals surface area contributed by atoms with Gasteiger partial charge in [-0.3, -0.25) is 19.2 Å². The van der Waals surface area contributed by atoms with Crippen LogP contribution in [0.5, 0.6) is 5.75 Å². The van der Waals surface area contributed by atoms with E-state index in [-0.39, 0.29) is 40.3 Å². The van der Waals surface area contributed by atoms with Crippen molar-refractivity contribution in [1.82, 2.24) is 0 Å². The Morgan fingerprint density at radius 2 is 1.45 bits per heavy atom. The first kappa shape index (κ1) is 31.1. The maximum atomic E-state index is 14.1. The molecule has 7 rings (SSSR count). The first-order valence-electron chi connectivity index (χ1n) is 14.3. The molecule has 0 radical (unpaired) electrons. The first-order valence-corrected chi connectivity index (χ1v) is 15.1. The molecule has 4 unspecified atom stereocenters. The SMILES string of the molecule is O=C1C=C(Br)C(=O)C2=C1C(c1ccc(O)c3ccccc13)C1=CCC3C(=O)N(c4cc(C(F)(F)F)cc(C(F)(F)F)c4)C(=O)C3C1C2. The van der Waals surface area contributed by atoms with Crippen molar-refractivity contribution >= 4 is 55.8 Å². The predicted molar refractivity (Wildman–Crippen MR) is 159 cm³/mol. The zero-order valence-electron chi connectivity index (χ0n) is 23.7. The molecule has 4 atom stereocenters. The molecule has 1 heterocycles. The molecule has 1 N–H and O–H groups in total. The summed E-state index contributed by atoms with van der Waals surface area (Å²) in [6, 6.07) is 10.4. The summed E-state index contributed by atoms with van der Waals surface area (Å²) in [5.74, 6) is -7.13. The Bertz CT molecular complexity index is 2030. The number of phenols is 1. The van der Waals surface area contributed by atoms with Crippen molar-refractivity contribution in [3.05, 3.63) is 105 Å². The van der Waals surface area contributed by atoms with Crippen LogP contribution in [0.15, 0.2) is 88.0 Å². The van der Waals surface area contributed by atoms with Gasteiger partial charge in [0.25, 0.3) is 0 Å². The van der Waals surface area contributed by atoms with Crippen LogP contribution in [0.3, 0.4) is 0 Å². The summed E-state index contributed by atoms with van der Waals surface area (Å²) in [6.07, 6.45) is -7.82. The largest absolute Gasteiger partial charge is 0.507 e. The molecule has 4 aliphatic rings. The van der Waals surface area contributed by atoms with Crippen molar-refractivity contribution in [2.45, 2.75) is 31.1 Å². The first-order chi connectivity index (χ1) is 22.1. The van der Waals surface area contributed by atoms with Gasteiger partial charge in [0.05, 0.1) is 33.1 Å². The van der Waals surface area contributed by atoms with Crippen LogP contribution in [0.1, 0.15) is 35.4 Å². The molecule has 47 heavy (non-hydrogen) atoms. The molecule has 0 bridgehead atoms. The summed E-state index contributed by atoms with van der Waals surface area (Å²) < 4.78 is 82.1. The van der Waals surface area contributed by atoms with E-state index in [1.165, 1.54) is 6.07 Å². The third-order valence-corrected chi connectivity index (χ3v) is 10.00. The van der Waals surface area contributed by atoms with E-state index in [0.29, 0.717) is 38.9 Å². The molecule has 6 nitrogen and oxygen atoms in total. The van der Waals surface area contributed by atoms with Crippen LogP contribution in [-0.4, -0.2) is 28.5 Å². The number of benzene rings is 3. The number of carbonyl (C=O) groups is 4. The van der Waals surface area contributed by atoms with Crippen molar-refractivity contribution in [2.24, 2.45) is 17.8 Å². The lowest BCUT2D eigenvalue weighted by Gasteiger charge is -2.42. The highest BCUT2D eigenvalue weighted by Gasteiger charge is 2.57. The highest BCUT2D eigenvalue weighted by atomic mass is 79.9. The third kappa shape index (κ3) is 4.77. The van der Waals surface area contributed by atoms with Gasteiger partial charge in [-0.05, 0) is 69.9 Å². The number of halogens is 7. The molecule has 1 fully saturated rings. The van der Waals surface area contributed by atoms with Gasteiger partial charge in [0.1, 0.15) is 5.75 Å². The van der Waals surface area contributed by atoms with Gasteiger partial charge in [-0.1, -0.05) is 42.0 Å². The van der Waals surface area contributed by atoms with Crippen molar-refractivity contribution < 1.29 is 50.6 Å². The molecule has 0 aromatic heterocycles. The average molecular weight is 716 g/mol. The number of aromatic hydroxyl groups is 1. The molecule has 1 aliphatic heterocycles. The zero-order chi connectivity index (χ0) is 33.7. The second kappa shape index (κ2) is 10.5. The minimum atomic E-state index is -5.20. The van der Waals surface area contributed by atoms with E-state index in [9.17, 15) is 50.6 Å². The standard InChI is InChI=1S/C34H20BrF6NO5/c35-24-13-26(44)29-23(30(24)45)12-22-20(27(29)19-7-8-25(43)18-4-2-1-3-17(18)19)5-6-21-28(22)32(47)42(31(21)46)16-10-14(33(36,37)38)9-15(11-16)34(39,40)41/h1-5,7-11,13,21-22,27-28,43H,6,12H2. The number of rotatable bonds is 2. The second-order valence-electron chi connectivity index (χ2n) is 11.9. The van der Waals surface area contributed by atoms with Crippen LogP contribution in [0.2, 0.25) is 0 Å². The normalized spacial score (nSPS) is 24.7. The lowest BCUT2D eigenvalue weighted by molar-refractivity contribution is -0.143. The number of alkyl halides is 6. The lowest BCUT2D eigenvalue weighted by Crippen LogP contribution is -2.39. The highest BCUT2D eigenvalue weighted by molar-refractivity contribution is 9.12. The number of allylic oxidation sites excluding steroid dienone is 6. The molecular formula is C34H20BrF6NO5. The minimum absolute atomic E-state index is 0.0190. The van der Waals surface area contributed by atoms with Crippen molar-refractivity contribution in [2.75, 3.05) is 4.90 Å². The number of fused-ring (bicyclic) bond motifs is 4. The molecule has 1 saturated heterocycles. The molecule has 3 aromatic rings. The van der Waals surface area contributed by atoms with Gasteiger partial charge in [0.2, 0.25) is 11.8 Å². The Morgan fingerprint density at radius 1 is 0.809 bits per heavy atom. The van der Waals surface area contributed by atoms with Crippen molar-refractivity contribution in [3.8, 4) is 5.75 Å². The maximum Gasteiger partial charge on any atom is 0.416 e. The number of carbonyl (C=O) groups excluding carboxylic acids is 4. The van der Waals surface area contributed by atoms with Crippen molar-refractivity contribution in [1.29, 1.82) is 0 Å². The van der Waals surface area contributed by atoms with Crippen LogP contribution in [0.25, 0.3) is 10.8 Å². The number of imide groups is 1. The Labute approximate surface area is 270 Å². The van der Waals surface area contributed by atoms with Gasteiger partial charge in [0, 0.05) is 28.5 Å². The van der Waals surface area contributed by atoms with E-state index >= 15 is 0 Å². The Morgan fingerprint density at radius 3 is 2.09 bits per heavy atom. The molecule has 0 spiro atoms. The third-order valence-electron chi connectivity index (χ3n) is 9.41. The smallest absolute Gasteiger partial charge is 0.416 e. The van der Waals surface area contributed by atoms with Gasteiger partial charge < -0.3 is 5.11 Å². The molecule has 0 saturated carbocycles. The summed E-state index contributed by atoms with van der Waals surface area (Å²) in [4.78, 5) is 55.2. The second-order valence-corrected chi connectivity index (χ2v) is 12.7. The summed E-state index contributed by atoms with van der Waals surface area (Å²) >= 11 is 3.13. The quantitative estimate of drug-likeness (QED) is 0.128. The molecular weight excluding hydrogens is 696 g/mol. The fraction of sp³-hybridized carbons (Fsp3) is 0.235. The summed E-state index contributed by atoms with van der Waals surface area (Å²) in [5.41, 5.74) is -2.89. The number of amides is 2. The number of hydrogen-bond acceptors (Lipinski definition) is 5. The highest BCUT2D eigenvalue weighted by Crippen LogP contribution is 2.57. The van der Waals surface area contributed by atoms with Gasteiger partial charge >= 0.3 is 12.4 Å². The number of Topliss-reactive ketones (excluding diaryl/α,β-unsaturated/α-hetero) is 1. The van der Waals surface area contributed by atoms with Crippen molar-refractivity contribution in [3.63, 3.8) is 0 Å². The van der Waals surface area contributed by atoms with Gasteiger partial charge in [-0.2, -0.15) is 26.3 Å². The average Bonchev–Trinajstić information content (AvgIpc) is 3.27. The van der Waals surface area contributed by atoms with Crippen LogP contribution in [0.4, 0.5) is 32.0 Å². The number of anilines is 1. The maximum absolute atomic E-state index is 14.1. The Hall–Kier alpha value is -4.52. The summed E-state index contributed by atoms with van der Waals surface area (Å²) in [6.45, 7) is 0. The minimum Gasteiger partial charge on any atom is -0.507 e. The van der Waals surface area contributed by atoms with E-state index in [0.717, 1.165) is 6.08 Å². The van der Waals surface area contributed by atoms with Gasteiger partial charge in [0.15, 0.2) is 11.6 Å².